The van der Waals surface area contributed by atoms with Crippen LogP contribution in [-0.4, -0.2) is 41.5 Å². The number of likely N-dealkylation sites (tertiary alicyclic amines) is 1. The molecule has 1 aliphatic heterocycles. The van der Waals surface area contributed by atoms with E-state index in [-0.39, 0.29) is 24.3 Å². The largest absolute Gasteiger partial charge is 0.388 e. The van der Waals surface area contributed by atoms with Crippen LogP contribution in [0.1, 0.15) is 34.2 Å². The number of carbonyl (C=O) groups is 2. The lowest BCUT2D eigenvalue weighted by Gasteiger charge is -2.34. The highest BCUT2D eigenvalue weighted by Gasteiger charge is 2.28. The van der Waals surface area contributed by atoms with E-state index in [9.17, 15) is 14.7 Å². The first-order valence-electron chi connectivity index (χ1n) is 8.47. The molecular formula is C19H22N2O3S. The minimum absolute atomic E-state index is 0.0165. The molecule has 1 unspecified atom stereocenters. The van der Waals surface area contributed by atoms with Crippen molar-refractivity contribution >= 4 is 23.2 Å². The third-order valence-electron chi connectivity index (χ3n) is 4.63. The van der Waals surface area contributed by atoms with Crippen molar-refractivity contribution < 1.29 is 14.7 Å². The Kier molecular flexibility index (Phi) is 5.83. The van der Waals surface area contributed by atoms with Crippen LogP contribution in [0.25, 0.3) is 0 Å². The Morgan fingerprint density at radius 2 is 1.88 bits per heavy atom. The second kappa shape index (κ2) is 8.27. The number of hydrogen-bond donors (Lipinski definition) is 2. The van der Waals surface area contributed by atoms with Crippen LogP contribution in [0.15, 0.2) is 47.8 Å². The summed E-state index contributed by atoms with van der Waals surface area (Å²) in [5.41, 5.74) is 0.926. The Bertz CT molecular complexity index is 695. The first-order valence-corrected chi connectivity index (χ1v) is 9.35. The molecule has 132 valence electrons. The standard InChI is InChI=1S/C19H22N2O3S/c22-17(13-20-19(24)16-7-4-12-25-16)21-10-8-15(9-11-21)18(23)14-5-2-1-3-6-14/h1-7,12,15,18,23H,8-11,13H2,(H,20,24). The van der Waals surface area contributed by atoms with Gasteiger partial charge in [-0.25, -0.2) is 0 Å². The lowest BCUT2D eigenvalue weighted by atomic mass is 9.87. The summed E-state index contributed by atoms with van der Waals surface area (Å²) >= 11 is 1.35. The molecule has 2 aromatic rings. The van der Waals surface area contributed by atoms with Gasteiger partial charge in [0.25, 0.3) is 5.91 Å². The molecule has 1 fully saturated rings. The van der Waals surface area contributed by atoms with Gasteiger partial charge in [0, 0.05) is 13.1 Å². The number of amides is 2. The Labute approximate surface area is 151 Å². The Morgan fingerprint density at radius 3 is 2.52 bits per heavy atom. The van der Waals surface area contributed by atoms with Gasteiger partial charge in [-0.1, -0.05) is 36.4 Å². The lowest BCUT2D eigenvalue weighted by Crippen LogP contribution is -2.44. The fraction of sp³-hybridized carbons (Fsp3) is 0.368. The molecule has 1 atom stereocenters. The number of piperidine rings is 1. The van der Waals surface area contributed by atoms with Crippen molar-refractivity contribution in [2.75, 3.05) is 19.6 Å². The topological polar surface area (TPSA) is 69.6 Å². The zero-order valence-electron chi connectivity index (χ0n) is 13.9. The highest BCUT2D eigenvalue weighted by Crippen LogP contribution is 2.30. The van der Waals surface area contributed by atoms with Crippen LogP contribution in [0.2, 0.25) is 0 Å². The molecule has 0 aliphatic carbocycles. The van der Waals surface area contributed by atoms with Gasteiger partial charge in [0.1, 0.15) is 0 Å². The van der Waals surface area contributed by atoms with E-state index in [1.54, 1.807) is 11.0 Å². The van der Waals surface area contributed by atoms with Gasteiger partial charge in [0.05, 0.1) is 17.5 Å². The second-order valence-electron chi connectivity index (χ2n) is 6.23. The zero-order chi connectivity index (χ0) is 17.6. The van der Waals surface area contributed by atoms with Crippen molar-refractivity contribution in [1.82, 2.24) is 10.2 Å². The highest BCUT2D eigenvalue weighted by atomic mass is 32.1. The number of aliphatic hydroxyl groups excluding tert-OH is 1. The van der Waals surface area contributed by atoms with E-state index in [0.717, 1.165) is 18.4 Å². The van der Waals surface area contributed by atoms with Crippen molar-refractivity contribution in [2.24, 2.45) is 5.92 Å². The Morgan fingerprint density at radius 1 is 1.16 bits per heavy atom. The average Bonchev–Trinajstić information content (AvgIpc) is 3.21. The highest BCUT2D eigenvalue weighted by molar-refractivity contribution is 7.12. The fourth-order valence-corrected chi connectivity index (χ4v) is 3.79. The molecule has 1 aromatic carbocycles. The van der Waals surface area contributed by atoms with Crippen molar-refractivity contribution in [3.63, 3.8) is 0 Å². The number of benzene rings is 1. The summed E-state index contributed by atoms with van der Waals surface area (Å²) in [6.45, 7) is 1.24. The lowest BCUT2D eigenvalue weighted by molar-refractivity contribution is -0.132. The van der Waals surface area contributed by atoms with E-state index in [0.29, 0.717) is 18.0 Å². The van der Waals surface area contributed by atoms with E-state index in [4.69, 9.17) is 0 Å². The number of hydrogen-bond acceptors (Lipinski definition) is 4. The summed E-state index contributed by atoms with van der Waals surface area (Å²) in [4.78, 5) is 26.5. The van der Waals surface area contributed by atoms with Crippen LogP contribution in [0.5, 0.6) is 0 Å². The van der Waals surface area contributed by atoms with Crippen molar-refractivity contribution in [3.8, 4) is 0 Å². The normalized spacial score (nSPS) is 16.4. The third-order valence-corrected chi connectivity index (χ3v) is 5.49. The van der Waals surface area contributed by atoms with Crippen LogP contribution in [0.3, 0.4) is 0 Å². The molecule has 1 saturated heterocycles. The molecule has 2 heterocycles. The number of aliphatic hydroxyl groups is 1. The van der Waals surface area contributed by atoms with Gasteiger partial charge in [0.2, 0.25) is 5.91 Å². The molecule has 1 aliphatic rings. The summed E-state index contributed by atoms with van der Waals surface area (Å²) < 4.78 is 0. The Balaban J connectivity index is 1.45. The number of thiophene rings is 1. The van der Waals surface area contributed by atoms with Crippen LogP contribution < -0.4 is 5.32 Å². The maximum absolute atomic E-state index is 12.3. The predicted octanol–water partition coefficient (Wildman–Crippen LogP) is 2.45. The SMILES string of the molecule is O=C(NCC(=O)N1CCC(C(O)c2ccccc2)CC1)c1cccs1. The summed E-state index contributed by atoms with van der Waals surface area (Å²) in [5, 5.41) is 15.0. The van der Waals surface area contributed by atoms with Crippen LogP contribution in [0.4, 0.5) is 0 Å². The molecule has 0 saturated carbocycles. The van der Waals surface area contributed by atoms with E-state index in [1.807, 2.05) is 41.8 Å². The molecular weight excluding hydrogens is 336 g/mol. The van der Waals surface area contributed by atoms with Crippen molar-refractivity contribution in [3.05, 3.63) is 58.3 Å². The number of rotatable bonds is 5. The fourth-order valence-electron chi connectivity index (χ4n) is 3.15. The van der Waals surface area contributed by atoms with Crippen molar-refractivity contribution in [1.29, 1.82) is 0 Å². The summed E-state index contributed by atoms with van der Waals surface area (Å²) in [7, 11) is 0. The smallest absolute Gasteiger partial charge is 0.261 e. The van der Waals surface area contributed by atoms with Gasteiger partial charge in [-0.3, -0.25) is 9.59 Å². The number of nitrogens with one attached hydrogen (secondary N) is 1. The molecule has 0 radical (unpaired) electrons. The van der Waals surface area contributed by atoms with Gasteiger partial charge in [-0.05, 0) is 35.8 Å². The molecule has 3 rings (SSSR count). The summed E-state index contributed by atoms with van der Waals surface area (Å²) in [5.74, 6) is -0.123. The van der Waals surface area contributed by atoms with Crippen LogP contribution in [-0.2, 0) is 4.79 Å². The minimum Gasteiger partial charge on any atom is -0.388 e. The molecule has 0 bridgehead atoms. The van der Waals surface area contributed by atoms with E-state index in [2.05, 4.69) is 5.32 Å². The molecule has 0 spiro atoms. The van der Waals surface area contributed by atoms with Crippen molar-refractivity contribution in [2.45, 2.75) is 18.9 Å². The molecule has 2 N–H and O–H groups in total. The summed E-state index contributed by atoms with van der Waals surface area (Å²) in [6.07, 6.45) is 1.04. The van der Waals surface area contributed by atoms with Gasteiger partial charge in [-0.15, -0.1) is 11.3 Å². The van der Waals surface area contributed by atoms with E-state index in [1.165, 1.54) is 11.3 Å². The minimum atomic E-state index is -0.489. The Hall–Kier alpha value is -2.18. The maximum Gasteiger partial charge on any atom is 0.261 e. The zero-order valence-corrected chi connectivity index (χ0v) is 14.7. The molecule has 2 amide bonds. The monoisotopic (exact) mass is 358 g/mol. The van der Waals surface area contributed by atoms with E-state index >= 15 is 0 Å². The average molecular weight is 358 g/mol. The first kappa shape index (κ1) is 17.6. The summed E-state index contributed by atoms with van der Waals surface area (Å²) in [6, 6.07) is 13.2. The third kappa shape index (κ3) is 4.46. The molecule has 5 nitrogen and oxygen atoms in total. The van der Waals surface area contributed by atoms with Crippen LogP contribution in [0, 0.1) is 5.92 Å². The van der Waals surface area contributed by atoms with Gasteiger partial charge in [0.15, 0.2) is 0 Å². The molecule has 1 aromatic heterocycles. The predicted molar refractivity (Wildman–Crippen MR) is 97.4 cm³/mol. The first-order chi connectivity index (χ1) is 12.1. The van der Waals surface area contributed by atoms with Gasteiger partial charge >= 0.3 is 0 Å². The quantitative estimate of drug-likeness (QED) is 0.863. The van der Waals surface area contributed by atoms with E-state index < -0.39 is 6.10 Å². The van der Waals surface area contributed by atoms with Crippen LogP contribution >= 0.6 is 11.3 Å². The number of nitrogens with zero attached hydrogens (tertiary/aromatic N) is 1. The second-order valence-corrected chi connectivity index (χ2v) is 7.18. The van der Waals surface area contributed by atoms with Gasteiger partial charge in [-0.2, -0.15) is 0 Å². The molecule has 6 heteroatoms. The molecule has 25 heavy (non-hydrogen) atoms. The number of carbonyl (C=O) groups excluding carboxylic acids is 2. The van der Waals surface area contributed by atoms with Gasteiger partial charge < -0.3 is 15.3 Å². The maximum atomic E-state index is 12.3.